The zero-order valence-corrected chi connectivity index (χ0v) is 17.0. The van der Waals surface area contributed by atoms with Crippen molar-refractivity contribution in [2.45, 2.75) is 37.6 Å². The quantitative estimate of drug-likeness (QED) is 0.500. The highest BCUT2D eigenvalue weighted by molar-refractivity contribution is 5.97. The Morgan fingerprint density at radius 2 is 1.67 bits per heavy atom. The molecule has 1 fully saturated rings. The van der Waals surface area contributed by atoms with Crippen LogP contribution in [0, 0.1) is 0 Å². The number of benzene rings is 2. The van der Waals surface area contributed by atoms with Crippen molar-refractivity contribution < 1.29 is 40.7 Å². The van der Waals surface area contributed by atoms with Crippen LogP contribution in [0.15, 0.2) is 48.5 Å². The number of carbonyl (C=O) groups is 2. The van der Waals surface area contributed by atoms with Gasteiger partial charge in [0.1, 0.15) is 0 Å². The molecule has 176 valence electrons. The average Bonchev–Trinajstić information content (AvgIpc) is 2.74. The molecular formula is C22H18F6N2O3. The number of carbonyl (C=O) groups excluding carboxylic acids is 2. The molecule has 2 aliphatic rings. The van der Waals surface area contributed by atoms with E-state index in [4.69, 9.17) is 4.74 Å². The third kappa shape index (κ3) is 4.54. The van der Waals surface area contributed by atoms with Gasteiger partial charge in [-0.1, -0.05) is 36.4 Å². The normalized spacial score (nSPS) is 21.4. The van der Waals surface area contributed by atoms with E-state index in [1.165, 1.54) is 15.9 Å². The Labute approximate surface area is 184 Å². The Morgan fingerprint density at radius 1 is 0.970 bits per heavy atom. The van der Waals surface area contributed by atoms with E-state index in [0.29, 0.717) is 5.56 Å². The van der Waals surface area contributed by atoms with E-state index >= 15 is 0 Å². The van der Waals surface area contributed by atoms with Gasteiger partial charge in [0.25, 0.3) is 5.91 Å². The molecule has 0 aliphatic carbocycles. The molecule has 0 spiro atoms. The molecular weight excluding hydrogens is 454 g/mol. The van der Waals surface area contributed by atoms with Crippen LogP contribution in [0.2, 0.25) is 0 Å². The van der Waals surface area contributed by atoms with Crippen LogP contribution >= 0.6 is 0 Å². The fraction of sp³-hybridized carbons (Fsp3) is 0.364. The Kier molecular flexibility index (Phi) is 5.85. The maximum atomic E-state index is 13.6. The molecule has 0 bridgehead atoms. The van der Waals surface area contributed by atoms with E-state index in [0.717, 1.165) is 12.1 Å². The second-order valence-corrected chi connectivity index (χ2v) is 7.85. The van der Waals surface area contributed by atoms with Gasteiger partial charge in [-0.2, -0.15) is 26.3 Å². The Morgan fingerprint density at radius 3 is 2.30 bits per heavy atom. The highest BCUT2D eigenvalue weighted by Crippen LogP contribution is 2.39. The molecule has 0 radical (unpaired) electrons. The summed E-state index contributed by atoms with van der Waals surface area (Å²) in [4.78, 5) is 27.3. The number of rotatable bonds is 3. The fourth-order valence-corrected chi connectivity index (χ4v) is 4.34. The molecule has 2 atom stereocenters. The number of ether oxygens (including phenoxy) is 1. The fourth-order valence-electron chi connectivity index (χ4n) is 4.34. The minimum atomic E-state index is -5.30. The predicted molar refractivity (Wildman–Crippen MR) is 103 cm³/mol. The van der Waals surface area contributed by atoms with Crippen molar-refractivity contribution in [2.24, 2.45) is 0 Å². The van der Waals surface area contributed by atoms with Crippen molar-refractivity contribution >= 4 is 11.9 Å². The van der Waals surface area contributed by atoms with Gasteiger partial charge in [0.05, 0.1) is 11.6 Å². The second kappa shape index (κ2) is 8.36. The third-order valence-corrected chi connectivity index (χ3v) is 5.79. The van der Waals surface area contributed by atoms with Crippen molar-refractivity contribution in [2.75, 3.05) is 13.1 Å². The van der Waals surface area contributed by atoms with Crippen LogP contribution in [0.1, 0.15) is 27.0 Å². The first-order valence-electron chi connectivity index (χ1n) is 10.0. The summed E-state index contributed by atoms with van der Waals surface area (Å²) in [7, 11) is 0. The predicted octanol–water partition coefficient (Wildman–Crippen LogP) is 4.02. The van der Waals surface area contributed by atoms with Crippen LogP contribution in [0.3, 0.4) is 0 Å². The molecule has 33 heavy (non-hydrogen) atoms. The first-order chi connectivity index (χ1) is 15.5. The van der Waals surface area contributed by atoms with E-state index < -0.39 is 48.5 Å². The summed E-state index contributed by atoms with van der Waals surface area (Å²) in [5.74, 6) is -3.20. The van der Waals surface area contributed by atoms with Crippen molar-refractivity contribution in [3.05, 3.63) is 70.8 Å². The summed E-state index contributed by atoms with van der Waals surface area (Å²) in [5, 5.41) is 0. The number of alkyl halides is 6. The number of nitrogens with zero attached hydrogens (tertiary/aromatic N) is 2. The molecule has 5 nitrogen and oxygen atoms in total. The Bertz CT molecular complexity index is 1050. The number of esters is 1. The zero-order valence-electron chi connectivity index (χ0n) is 17.0. The molecule has 0 N–H and O–H groups in total. The smallest absolute Gasteiger partial charge is 0.437 e. The van der Waals surface area contributed by atoms with Crippen LogP contribution in [0.25, 0.3) is 0 Å². The number of hydrogen-bond donors (Lipinski definition) is 0. The molecule has 1 amide bonds. The standard InChI is InChI=1S/C22H18F6N2O3/c23-21(24,25)16-8-4-7-14-15(16)11-17-19(33-20(32)22(26,27)28)29(9-10-30(17)18(14)31)12-13-5-2-1-3-6-13/h1-8,17,19H,9-12H2. The van der Waals surface area contributed by atoms with E-state index in [-0.39, 0.29) is 30.8 Å². The van der Waals surface area contributed by atoms with Crippen LogP contribution in [0.4, 0.5) is 26.3 Å². The van der Waals surface area contributed by atoms with Crippen molar-refractivity contribution in [1.29, 1.82) is 0 Å². The molecule has 0 aromatic heterocycles. The van der Waals surface area contributed by atoms with Gasteiger partial charge in [-0.3, -0.25) is 9.69 Å². The first kappa shape index (κ1) is 23.1. The minimum Gasteiger partial charge on any atom is -0.437 e. The summed E-state index contributed by atoms with van der Waals surface area (Å²) < 4.78 is 84.5. The van der Waals surface area contributed by atoms with Gasteiger partial charge in [0, 0.05) is 25.2 Å². The summed E-state index contributed by atoms with van der Waals surface area (Å²) in [6.07, 6.45) is -12.0. The monoisotopic (exact) mass is 472 g/mol. The largest absolute Gasteiger partial charge is 0.490 e. The highest BCUT2D eigenvalue weighted by atomic mass is 19.4. The van der Waals surface area contributed by atoms with Gasteiger partial charge in [0.15, 0.2) is 6.23 Å². The van der Waals surface area contributed by atoms with Gasteiger partial charge in [0.2, 0.25) is 0 Å². The number of hydrogen-bond acceptors (Lipinski definition) is 4. The Balaban J connectivity index is 1.73. The molecule has 2 aromatic carbocycles. The summed E-state index contributed by atoms with van der Waals surface area (Å²) in [6.45, 7) is 0.219. The molecule has 2 aliphatic heterocycles. The maximum Gasteiger partial charge on any atom is 0.490 e. The van der Waals surface area contributed by atoms with Crippen molar-refractivity contribution in [3.8, 4) is 0 Å². The molecule has 2 aromatic rings. The highest BCUT2D eigenvalue weighted by Gasteiger charge is 2.50. The van der Waals surface area contributed by atoms with Crippen LogP contribution in [-0.2, 0) is 28.7 Å². The first-order valence-corrected chi connectivity index (χ1v) is 10.0. The lowest BCUT2D eigenvalue weighted by Gasteiger charge is -2.49. The van der Waals surface area contributed by atoms with E-state index in [1.807, 2.05) is 0 Å². The van der Waals surface area contributed by atoms with Gasteiger partial charge in [-0.25, -0.2) is 4.79 Å². The number of halogens is 6. The van der Waals surface area contributed by atoms with Gasteiger partial charge in [-0.05, 0) is 29.7 Å². The van der Waals surface area contributed by atoms with E-state index in [1.54, 1.807) is 30.3 Å². The van der Waals surface area contributed by atoms with Gasteiger partial charge >= 0.3 is 18.3 Å². The SMILES string of the molecule is O=C1c2cccc(C(F)(F)F)c2CC2C(OC(=O)C(F)(F)F)N(Cc3ccccc3)CCN12. The van der Waals surface area contributed by atoms with Crippen molar-refractivity contribution in [3.63, 3.8) is 0 Å². The van der Waals surface area contributed by atoms with Crippen LogP contribution in [-0.4, -0.2) is 53.2 Å². The molecule has 0 saturated carbocycles. The third-order valence-electron chi connectivity index (χ3n) is 5.79. The van der Waals surface area contributed by atoms with Crippen LogP contribution in [0.5, 0.6) is 0 Å². The number of amides is 1. The summed E-state index contributed by atoms with van der Waals surface area (Å²) >= 11 is 0. The lowest BCUT2D eigenvalue weighted by atomic mass is 9.87. The van der Waals surface area contributed by atoms with Gasteiger partial charge < -0.3 is 9.64 Å². The Hall–Kier alpha value is -3.08. The van der Waals surface area contributed by atoms with Crippen molar-refractivity contribution in [1.82, 2.24) is 9.80 Å². The van der Waals surface area contributed by atoms with E-state index in [9.17, 15) is 35.9 Å². The molecule has 2 unspecified atom stereocenters. The van der Waals surface area contributed by atoms with E-state index in [2.05, 4.69) is 0 Å². The lowest BCUT2D eigenvalue weighted by Crippen LogP contribution is -2.64. The molecule has 11 heteroatoms. The number of fused-ring (bicyclic) bond motifs is 2. The molecule has 2 heterocycles. The molecule has 1 saturated heterocycles. The minimum absolute atomic E-state index is 0.0616. The summed E-state index contributed by atoms with van der Waals surface area (Å²) in [5.41, 5.74) is -0.795. The van der Waals surface area contributed by atoms with Gasteiger partial charge in [-0.15, -0.1) is 0 Å². The average molecular weight is 472 g/mol. The second-order valence-electron chi connectivity index (χ2n) is 7.85. The number of piperazine rings is 1. The topological polar surface area (TPSA) is 49.9 Å². The van der Waals surface area contributed by atoms with Crippen LogP contribution < -0.4 is 0 Å². The lowest BCUT2D eigenvalue weighted by molar-refractivity contribution is -0.221. The zero-order chi connectivity index (χ0) is 24.0. The maximum absolute atomic E-state index is 13.6. The molecule has 4 rings (SSSR count). The summed E-state index contributed by atoms with van der Waals surface area (Å²) in [6, 6.07) is 10.6.